The van der Waals surface area contributed by atoms with Gasteiger partial charge in [-0.15, -0.1) is 0 Å². The standard InChI is InChI=1S/C18H23N5/c1-14-7-6-8-16-18(14)22-17(12-20-16)15-11-21-23(13-15)10-5-3-2-4-9-19/h6-8,11-13H,2-5,9-10,19H2,1H3. The third kappa shape index (κ3) is 3.74. The van der Waals surface area contributed by atoms with Crippen LogP contribution in [0.4, 0.5) is 0 Å². The number of aromatic nitrogens is 4. The Morgan fingerprint density at radius 1 is 1.09 bits per heavy atom. The first-order chi connectivity index (χ1) is 11.3. The molecule has 0 aliphatic heterocycles. The molecule has 0 amide bonds. The van der Waals surface area contributed by atoms with Gasteiger partial charge in [0.25, 0.3) is 0 Å². The normalized spacial score (nSPS) is 11.2. The molecule has 1 aromatic carbocycles. The third-order valence-electron chi connectivity index (χ3n) is 4.04. The number of aryl methyl sites for hydroxylation is 2. The van der Waals surface area contributed by atoms with Crippen molar-refractivity contribution in [2.24, 2.45) is 5.73 Å². The van der Waals surface area contributed by atoms with Crippen LogP contribution in [0.15, 0.2) is 36.8 Å². The molecule has 2 heterocycles. The SMILES string of the molecule is Cc1cccc2ncc(-c3cnn(CCCCCCN)c3)nc12. The number of hydrogen-bond acceptors (Lipinski definition) is 4. The number of unbranched alkanes of at least 4 members (excludes halogenated alkanes) is 3. The Labute approximate surface area is 136 Å². The van der Waals surface area contributed by atoms with Crippen LogP contribution in [0.1, 0.15) is 31.2 Å². The maximum Gasteiger partial charge on any atom is 0.0924 e. The number of hydrogen-bond donors (Lipinski definition) is 1. The van der Waals surface area contributed by atoms with E-state index in [4.69, 9.17) is 10.7 Å². The topological polar surface area (TPSA) is 69.6 Å². The molecule has 2 aromatic heterocycles. The van der Waals surface area contributed by atoms with E-state index in [1.54, 1.807) is 0 Å². The van der Waals surface area contributed by atoms with Crippen LogP contribution in [0.5, 0.6) is 0 Å². The fourth-order valence-electron chi connectivity index (χ4n) is 2.70. The number of benzene rings is 1. The molecule has 5 nitrogen and oxygen atoms in total. The van der Waals surface area contributed by atoms with E-state index in [1.807, 2.05) is 29.2 Å². The van der Waals surface area contributed by atoms with E-state index in [-0.39, 0.29) is 0 Å². The Hall–Kier alpha value is -2.27. The van der Waals surface area contributed by atoms with Crippen LogP contribution in [-0.4, -0.2) is 26.3 Å². The van der Waals surface area contributed by atoms with Gasteiger partial charge in [-0.2, -0.15) is 5.10 Å². The molecular weight excluding hydrogens is 286 g/mol. The molecule has 120 valence electrons. The van der Waals surface area contributed by atoms with E-state index >= 15 is 0 Å². The number of rotatable bonds is 7. The second-order valence-electron chi connectivity index (χ2n) is 5.89. The summed E-state index contributed by atoms with van der Waals surface area (Å²) >= 11 is 0. The molecule has 5 heteroatoms. The lowest BCUT2D eigenvalue weighted by molar-refractivity contribution is 0.537. The Kier molecular flexibility index (Phi) is 4.98. The second-order valence-corrected chi connectivity index (χ2v) is 5.89. The van der Waals surface area contributed by atoms with Crippen molar-refractivity contribution in [1.29, 1.82) is 0 Å². The zero-order valence-corrected chi connectivity index (χ0v) is 13.6. The molecule has 0 radical (unpaired) electrons. The van der Waals surface area contributed by atoms with Crippen LogP contribution in [0.2, 0.25) is 0 Å². The molecule has 0 atom stereocenters. The van der Waals surface area contributed by atoms with Gasteiger partial charge in [-0.05, 0) is 37.9 Å². The Bertz CT molecular complexity index is 778. The zero-order chi connectivity index (χ0) is 16.1. The van der Waals surface area contributed by atoms with Crippen molar-refractivity contribution in [3.8, 4) is 11.3 Å². The van der Waals surface area contributed by atoms with E-state index in [0.29, 0.717) is 0 Å². The van der Waals surface area contributed by atoms with Crippen LogP contribution in [0.3, 0.4) is 0 Å². The van der Waals surface area contributed by atoms with Gasteiger partial charge in [0.15, 0.2) is 0 Å². The van der Waals surface area contributed by atoms with Gasteiger partial charge in [0.2, 0.25) is 0 Å². The summed E-state index contributed by atoms with van der Waals surface area (Å²) in [7, 11) is 0. The van der Waals surface area contributed by atoms with Crippen molar-refractivity contribution >= 4 is 11.0 Å². The van der Waals surface area contributed by atoms with Gasteiger partial charge in [-0.25, -0.2) is 4.98 Å². The highest BCUT2D eigenvalue weighted by Gasteiger charge is 2.07. The highest BCUT2D eigenvalue weighted by Crippen LogP contribution is 2.20. The summed E-state index contributed by atoms with van der Waals surface area (Å²) in [6, 6.07) is 6.06. The van der Waals surface area contributed by atoms with E-state index in [0.717, 1.165) is 53.8 Å². The first-order valence-corrected chi connectivity index (χ1v) is 8.23. The smallest absolute Gasteiger partial charge is 0.0924 e. The van der Waals surface area contributed by atoms with Gasteiger partial charge in [0.05, 0.1) is 29.1 Å². The van der Waals surface area contributed by atoms with Crippen molar-refractivity contribution in [2.45, 2.75) is 39.2 Å². The van der Waals surface area contributed by atoms with Crippen molar-refractivity contribution in [3.63, 3.8) is 0 Å². The average Bonchev–Trinajstić information content (AvgIpc) is 3.04. The van der Waals surface area contributed by atoms with E-state index in [1.165, 1.54) is 12.8 Å². The van der Waals surface area contributed by atoms with E-state index in [2.05, 4.69) is 29.3 Å². The molecule has 0 bridgehead atoms. The van der Waals surface area contributed by atoms with Crippen LogP contribution < -0.4 is 5.73 Å². The first-order valence-electron chi connectivity index (χ1n) is 8.23. The maximum atomic E-state index is 5.51. The van der Waals surface area contributed by atoms with Crippen LogP contribution in [-0.2, 0) is 6.54 Å². The highest BCUT2D eigenvalue weighted by molar-refractivity contribution is 5.79. The van der Waals surface area contributed by atoms with E-state index in [9.17, 15) is 0 Å². The minimum absolute atomic E-state index is 0.784. The number of nitrogens with two attached hydrogens (primary N) is 1. The number of fused-ring (bicyclic) bond motifs is 1. The Balaban J connectivity index is 1.71. The van der Waals surface area contributed by atoms with Gasteiger partial charge >= 0.3 is 0 Å². The molecule has 0 aliphatic rings. The monoisotopic (exact) mass is 309 g/mol. The molecule has 0 unspecified atom stereocenters. The van der Waals surface area contributed by atoms with Crippen molar-refractivity contribution < 1.29 is 0 Å². The van der Waals surface area contributed by atoms with Crippen molar-refractivity contribution in [1.82, 2.24) is 19.7 Å². The Morgan fingerprint density at radius 2 is 1.96 bits per heavy atom. The van der Waals surface area contributed by atoms with Crippen LogP contribution in [0, 0.1) is 6.92 Å². The molecule has 0 fully saturated rings. The lowest BCUT2D eigenvalue weighted by Crippen LogP contribution is -2.00. The summed E-state index contributed by atoms with van der Waals surface area (Å²) in [5.74, 6) is 0. The molecule has 0 spiro atoms. The fraction of sp³-hybridized carbons (Fsp3) is 0.389. The highest BCUT2D eigenvalue weighted by atomic mass is 15.3. The minimum atomic E-state index is 0.784. The van der Waals surface area contributed by atoms with Gasteiger partial charge in [-0.1, -0.05) is 25.0 Å². The van der Waals surface area contributed by atoms with Crippen molar-refractivity contribution in [3.05, 3.63) is 42.4 Å². The second kappa shape index (κ2) is 7.33. The molecular formula is C18H23N5. The largest absolute Gasteiger partial charge is 0.330 e. The van der Waals surface area contributed by atoms with Crippen LogP contribution in [0.25, 0.3) is 22.3 Å². The van der Waals surface area contributed by atoms with E-state index < -0.39 is 0 Å². The first kappa shape index (κ1) is 15.6. The molecule has 0 saturated carbocycles. The summed E-state index contributed by atoms with van der Waals surface area (Å²) < 4.78 is 1.99. The number of nitrogens with zero attached hydrogens (tertiary/aromatic N) is 4. The third-order valence-corrected chi connectivity index (χ3v) is 4.04. The van der Waals surface area contributed by atoms with Crippen LogP contribution >= 0.6 is 0 Å². The zero-order valence-electron chi connectivity index (χ0n) is 13.6. The number of para-hydroxylation sites is 1. The fourth-order valence-corrected chi connectivity index (χ4v) is 2.70. The van der Waals surface area contributed by atoms with Crippen molar-refractivity contribution in [2.75, 3.05) is 6.54 Å². The summed E-state index contributed by atoms with van der Waals surface area (Å²) in [5.41, 5.74) is 10.4. The maximum absolute atomic E-state index is 5.51. The van der Waals surface area contributed by atoms with Gasteiger partial charge in [0, 0.05) is 18.3 Å². The molecule has 23 heavy (non-hydrogen) atoms. The molecule has 3 aromatic rings. The minimum Gasteiger partial charge on any atom is -0.330 e. The molecule has 2 N–H and O–H groups in total. The summed E-state index contributed by atoms with van der Waals surface area (Å²) in [4.78, 5) is 9.26. The lowest BCUT2D eigenvalue weighted by atomic mass is 10.2. The predicted octanol–water partition coefficient (Wildman–Crippen LogP) is 3.32. The van der Waals surface area contributed by atoms with Gasteiger partial charge in [-0.3, -0.25) is 9.67 Å². The average molecular weight is 309 g/mol. The van der Waals surface area contributed by atoms with Gasteiger partial charge < -0.3 is 5.73 Å². The quantitative estimate of drug-likeness (QED) is 0.680. The molecule has 3 rings (SSSR count). The van der Waals surface area contributed by atoms with Gasteiger partial charge in [0.1, 0.15) is 0 Å². The summed E-state index contributed by atoms with van der Waals surface area (Å²) in [6.07, 6.45) is 10.4. The summed E-state index contributed by atoms with van der Waals surface area (Å²) in [5, 5.41) is 4.44. The Morgan fingerprint density at radius 3 is 2.83 bits per heavy atom. The molecule has 0 saturated heterocycles. The molecule has 0 aliphatic carbocycles. The lowest BCUT2D eigenvalue weighted by Gasteiger charge is -2.03. The predicted molar refractivity (Wildman–Crippen MR) is 93.0 cm³/mol. The summed E-state index contributed by atoms with van der Waals surface area (Å²) in [6.45, 7) is 3.78.